The molecule has 0 amide bonds. The van der Waals surface area contributed by atoms with E-state index in [1.807, 2.05) is 0 Å². The van der Waals surface area contributed by atoms with Crippen molar-refractivity contribution in [3.8, 4) is 17.2 Å². The molecule has 1 aromatic carbocycles. The van der Waals surface area contributed by atoms with Crippen LogP contribution in [0.3, 0.4) is 0 Å². The minimum Gasteiger partial charge on any atom is -0.493 e. The topological polar surface area (TPSA) is 101 Å². The van der Waals surface area contributed by atoms with Gasteiger partial charge in [-0.25, -0.2) is 4.98 Å². The lowest BCUT2D eigenvalue weighted by Gasteiger charge is -2.31. The normalized spacial score (nSPS) is 13.4. The standard InChI is InChI=1S/C27H34ClNO7/c1-7-19(8-2)25(36-21-11-9-20(28)10-12-21)17(4)34-27(32)16(3)15-22(31)24-26(35-18(5)30)23(33-6)13-14-29-24/h9-14,16-17,19,25H,7-8,15H2,1-6H3/t16-,17+,25-/m1/s1. The van der Waals surface area contributed by atoms with Crippen molar-refractivity contribution in [3.05, 3.63) is 47.2 Å². The van der Waals surface area contributed by atoms with Crippen LogP contribution in [0.25, 0.3) is 0 Å². The smallest absolute Gasteiger partial charge is 0.309 e. The molecule has 0 spiro atoms. The number of pyridine rings is 1. The number of hydrogen-bond donors (Lipinski definition) is 0. The molecule has 0 aliphatic rings. The summed E-state index contributed by atoms with van der Waals surface area (Å²) in [5.74, 6) is -1.51. The molecule has 3 atom stereocenters. The first-order valence-electron chi connectivity index (χ1n) is 12.0. The van der Waals surface area contributed by atoms with E-state index < -0.39 is 29.7 Å². The minimum absolute atomic E-state index is 0.0726. The Hall–Kier alpha value is -3.13. The SMILES string of the molecule is CCC(CC)[C@H](Oc1ccc(Cl)cc1)[C@H](C)OC(=O)[C@H](C)CC(=O)c1nccc(OC)c1OC(C)=O. The van der Waals surface area contributed by atoms with E-state index in [2.05, 4.69) is 18.8 Å². The zero-order valence-corrected chi connectivity index (χ0v) is 22.3. The highest BCUT2D eigenvalue weighted by atomic mass is 35.5. The molecular formula is C27H34ClNO7. The maximum Gasteiger partial charge on any atom is 0.309 e. The summed E-state index contributed by atoms with van der Waals surface area (Å²) in [6.45, 7) is 8.72. The summed E-state index contributed by atoms with van der Waals surface area (Å²) in [6, 6.07) is 8.50. The van der Waals surface area contributed by atoms with E-state index in [4.69, 9.17) is 30.5 Å². The lowest BCUT2D eigenvalue weighted by atomic mass is 9.92. The summed E-state index contributed by atoms with van der Waals surface area (Å²) in [7, 11) is 1.39. The first-order chi connectivity index (χ1) is 17.1. The van der Waals surface area contributed by atoms with Crippen LogP contribution in [0.5, 0.6) is 17.2 Å². The van der Waals surface area contributed by atoms with Crippen LogP contribution in [0.4, 0.5) is 0 Å². The second-order valence-corrected chi connectivity index (χ2v) is 9.00. The molecule has 2 rings (SSSR count). The predicted molar refractivity (Wildman–Crippen MR) is 136 cm³/mol. The van der Waals surface area contributed by atoms with Gasteiger partial charge in [0.15, 0.2) is 17.2 Å². The number of aromatic nitrogens is 1. The van der Waals surface area contributed by atoms with Crippen molar-refractivity contribution < 1.29 is 33.3 Å². The van der Waals surface area contributed by atoms with Crippen molar-refractivity contribution >= 4 is 29.3 Å². The Balaban J connectivity index is 2.13. The van der Waals surface area contributed by atoms with Crippen molar-refractivity contribution in [2.45, 2.75) is 66.1 Å². The Bertz CT molecular complexity index is 1040. The highest BCUT2D eigenvalue weighted by molar-refractivity contribution is 6.30. The van der Waals surface area contributed by atoms with Crippen LogP contribution in [-0.4, -0.2) is 42.0 Å². The third-order valence-corrected chi connectivity index (χ3v) is 6.11. The summed E-state index contributed by atoms with van der Waals surface area (Å²) < 4.78 is 22.3. The molecule has 0 saturated heterocycles. The van der Waals surface area contributed by atoms with E-state index >= 15 is 0 Å². The lowest BCUT2D eigenvalue weighted by molar-refractivity contribution is -0.158. The molecule has 1 aromatic heterocycles. The van der Waals surface area contributed by atoms with Gasteiger partial charge in [0.2, 0.25) is 5.75 Å². The first kappa shape index (κ1) is 29.1. The van der Waals surface area contributed by atoms with Crippen LogP contribution in [0, 0.1) is 11.8 Å². The van der Waals surface area contributed by atoms with E-state index in [1.165, 1.54) is 26.3 Å². The van der Waals surface area contributed by atoms with Gasteiger partial charge in [-0.2, -0.15) is 0 Å². The van der Waals surface area contributed by atoms with Crippen LogP contribution in [0.15, 0.2) is 36.5 Å². The van der Waals surface area contributed by atoms with Crippen molar-refractivity contribution in [2.75, 3.05) is 7.11 Å². The Morgan fingerprint density at radius 3 is 2.22 bits per heavy atom. The van der Waals surface area contributed by atoms with Crippen LogP contribution >= 0.6 is 11.6 Å². The van der Waals surface area contributed by atoms with Crippen LogP contribution < -0.4 is 14.2 Å². The van der Waals surface area contributed by atoms with Crippen LogP contribution in [-0.2, 0) is 14.3 Å². The summed E-state index contributed by atoms with van der Waals surface area (Å²) in [4.78, 5) is 41.5. The summed E-state index contributed by atoms with van der Waals surface area (Å²) >= 11 is 5.98. The Morgan fingerprint density at radius 2 is 1.67 bits per heavy atom. The monoisotopic (exact) mass is 519 g/mol. The second-order valence-electron chi connectivity index (χ2n) is 8.57. The highest BCUT2D eigenvalue weighted by Crippen LogP contribution is 2.31. The molecule has 0 bridgehead atoms. The number of rotatable bonds is 13. The molecule has 1 heterocycles. The summed E-state index contributed by atoms with van der Waals surface area (Å²) in [5.41, 5.74) is -0.0850. The van der Waals surface area contributed by atoms with Gasteiger partial charge in [0.05, 0.1) is 13.0 Å². The molecule has 0 aliphatic heterocycles. The highest BCUT2D eigenvalue weighted by Gasteiger charge is 2.32. The Labute approximate surface area is 217 Å². The van der Waals surface area contributed by atoms with Gasteiger partial charge in [0, 0.05) is 30.6 Å². The Kier molecular flexibility index (Phi) is 11.2. The van der Waals surface area contributed by atoms with Crippen molar-refractivity contribution in [1.82, 2.24) is 4.98 Å². The number of hydrogen-bond acceptors (Lipinski definition) is 8. The second kappa shape index (κ2) is 13.8. The fraction of sp³-hybridized carbons (Fsp3) is 0.481. The van der Waals surface area contributed by atoms with E-state index in [1.54, 1.807) is 38.1 Å². The fourth-order valence-corrected chi connectivity index (χ4v) is 3.98. The molecule has 9 heteroatoms. The number of nitrogens with zero attached hydrogens (tertiary/aromatic N) is 1. The van der Waals surface area contributed by atoms with Crippen molar-refractivity contribution in [3.63, 3.8) is 0 Å². The molecule has 8 nitrogen and oxygen atoms in total. The van der Waals surface area contributed by atoms with Crippen molar-refractivity contribution in [2.24, 2.45) is 11.8 Å². The summed E-state index contributed by atoms with van der Waals surface area (Å²) in [5, 5.41) is 0.599. The third kappa shape index (κ3) is 7.95. The fourth-order valence-electron chi connectivity index (χ4n) is 3.86. The molecule has 2 aromatic rings. The molecule has 0 radical (unpaired) electrons. The molecule has 0 fully saturated rings. The number of carbonyl (C=O) groups is 3. The Morgan fingerprint density at radius 1 is 1.03 bits per heavy atom. The number of halogens is 1. The van der Waals surface area contributed by atoms with E-state index in [0.717, 1.165) is 12.8 Å². The average molecular weight is 520 g/mol. The maximum atomic E-state index is 13.0. The maximum absolute atomic E-state index is 13.0. The van der Waals surface area contributed by atoms with E-state index in [9.17, 15) is 14.4 Å². The van der Waals surface area contributed by atoms with Crippen LogP contribution in [0.2, 0.25) is 5.02 Å². The van der Waals surface area contributed by atoms with Gasteiger partial charge >= 0.3 is 11.9 Å². The zero-order valence-electron chi connectivity index (χ0n) is 21.6. The molecule has 0 N–H and O–H groups in total. The van der Waals surface area contributed by atoms with E-state index in [-0.39, 0.29) is 35.6 Å². The average Bonchev–Trinajstić information content (AvgIpc) is 2.84. The predicted octanol–water partition coefficient (Wildman–Crippen LogP) is 5.69. The van der Waals surface area contributed by atoms with Gasteiger partial charge in [-0.1, -0.05) is 32.4 Å². The zero-order chi connectivity index (χ0) is 26.8. The van der Waals surface area contributed by atoms with Gasteiger partial charge in [-0.05, 0) is 49.9 Å². The van der Waals surface area contributed by atoms with E-state index in [0.29, 0.717) is 10.8 Å². The van der Waals surface area contributed by atoms with Crippen molar-refractivity contribution in [1.29, 1.82) is 0 Å². The summed E-state index contributed by atoms with van der Waals surface area (Å²) in [6.07, 6.45) is 1.91. The number of carbonyl (C=O) groups excluding carboxylic acids is 3. The molecule has 196 valence electrons. The molecular weight excluding hydrogens is 486 g/mol. The van der Waals surface area contributed by atoms with Gasteiger partial charge in [-0.15, -0.1) is 0 Å². The van der Waals surface area contributed by atoms with Gasteiger partial charge in [0.1, 0.15) is 18.0 Å². The third-order valence-electron chi connectivity index (χ3n) is 5.86. The molecule has 0 unspecified atom stereocenters. The largest absolute Gasteiger partial charge is 0.493 e. The minimum atomic E-state index is -0.768. The first-order valence-corrected chi connectivity index (χ1v) is 12.4. The molecule has 0 aliphatic carbocycles. The number of ketones is 1. The molecule has 36 heavy (non-hydrogen) atoms. The van der Waals surface area contributed by atoms with Crippen LogP contribution in [0.1, 0.15) is 64.4 Å². The van der Waals surface area contributed by atoms with Gasteiger partial charge in [0.25, 0.3) is 0 Å². The number of ether oxygens (including phenoxy) is 4. The number of Topliss-reactive ketones (excluding diaryl/α,β-unsaturated/α-hetero) is 1. The number of benzene rings is 1. The molecule has 0 saturated carbocycles. The number of esters is 2. The van der Waals surface area contributed by atoms with Gasteiger partial charge < -0.3 is 18.9 Å². The van der Waals surface area contributed by atoms with Gasteiger partial charge in [-0.3, -0.25) is 14.4 Å². The number of methoxy groups -OCH3 is 1. The quantitative estimate of drug-likeness (QED) is 0.245. The lowest BCUT2D eigenvalue weighted by Crippen LogP contribution is -2.40.